The Morgan fingerprint density at radius 2 is 2.14 bits per heavy atom. The highest BCUT2D eigenvalue weighted by molar-refractivity contribution is 5.76. The minimum absolute atomic E-state index is 0.259. The van der Waals surface area contributed by atoms with E-state index in [0.717, 1.165) is 36.9 Å². The number of rotatable bonds is 6. The molecule has 0 aromatic heterocycles. The monoisotopic (exact) mass is 291 g/mol. The van der Waals surface area contributed by atoms with Crippen molar-refractivity contribution in [1.82, 2.24) is 4.90 Å². The molecule has 4 N–H and O–H groups in total. The van der Waals surface area contributed by atoms with Crippen molar-refractivity contribution in [3.05, 3.63) is 29.8 Å². The van der Waals surface area contributed by atoms with Crippen molar-refractivity contribution in [1.29, 1.82) is 0 Å². The largest absolute Gasteiger partial charge is 0.398 e. The molecule has 5 nitrogen and oxygen atoms in total. The number of carbonyl (C=O) groups excluding carboxylic acids is 1. The lowest BCUT2D eigenvalue weighted by Crippen LogP contribution is -2.44. The summed E-state index contributed by atoms with van der Waals surface area (Å²) in [4.78, 5) is 13.5. The van der Waals surface area contributed by atoms with E-state index in [4.69, 9.17) is 16.2 Å². The van der Waals surface area contributed by atoms with Gasteiger partial charge in [-0.05, 0) is 37.3 Å². The first kappa shape index (κ1) is 15.8. The van der Waals surface area contributed by atoms with Crippen molar-refractivity contribution in [3.8, 4) is 0 Å². The number of ether oxygens (including phenoxy) is 1. The molecule has 1 aromatic rings. The Labute approximate surface area is 126 Å². The van der Waals surface area contributed by atoms with Gasteiger partial charge in [-0.15, -0.1) is 0 Å². The first-order valence-electron chi connectivity index (χ1n) is 7.48. The molecular formula is C16H25N3O2. The van der Waals surface area contributed by atoms with Gasteiger partial charge in [0.15, 0.2) is 0 Å². The lowest BCUT2D eigenvalue weighted by Gasteiger charge is -2.36. The van der Waals surface area contributed by atoms with Gasteiger partial charge < -0.3 is 16.2 Å². The lowest BCUT2D eigenvalue weighted by molar-refractivity contribution is -0.120. The van der Waals surface area contributed by atoms with E-state index in [9.17, 15) is 4.79 Å². The van der Waals surface area contributed by atoms with Gasteiger partial charge >= 0.3 is 0 Å². The number of hydrogen-bond acceptors (Lipinski definition) is 4. The van der Waals surface area contributed by atoms with Gasteiger partial charge in [0.1, 0.15) is 0 Å². The third-order valence-electron chi connectivity index (χ3n) is 4.24. The summed E-state index contributed by atoms with van der Waals surface area (Å²) in [7, 11) is 1.75. The fourth-order valence-electron chi connectivity index (χ4n) is 3.08. The average Bonchev–Trinajstić information content (AvgIpc) is 2.48. The van der Waals surface area contributed by atoms with Crippen LogP contribution in [0.2, 0.25) is 0 Å². The Morgan fingerprint density at radius 3 is 2.81 bits per heavy atom. The van der Waals surface area contributed by atoms with Crippen LogP contribution >= 0.6 is 0 Å². The molecule has 116 valence electrons. The van der Waals surface area contributed by atoms with Crippen molar-refractivity contribution < 1.29 is 9.53 Å². The molecule has 2 unspecified atom stereocenters. The van der Waals surface area contributed by atoms with E-state index < -0.39 is 0 Å². The maximum Gasteiger partial charge on any atom is 0.231 e. The summed E-state index contributed by atoms with van der Waals surface area (Å²) in [6.07, 6.45) is 4.48. The fraction of sp³-hybridized carbons (Fsp3) is 0.562. The van der Waals surface area contributed by atoms with Crippen LogP contribution in [0.1, 0.15) is 31.2 Å². The van der Waals surface area contributed by atoms with Crippen molar-refractivity contribution in [3.63, 3.8) is 0 Å². The lowest BCUT2D eigenvalue weighted by atomic mass is 9.91. The molecule has 2 rings (SSSR count). The number of hydrogen-bond donors (Lipinski definition) is 2. The van der Waals surface area contributed by atoms with E-state index in [1.165, 1.54) is 0 Å². The molecule has 0 heterocycles. The quantitative estimate of drug-likeness (QED) is 0.778. The smallest absolute Gasteiger partial charge is 0.231 e. The number of amides is 1. The summed E-state index contributed by atoms with van der Waals surface area (Å²) in [5.74, 6) is -0.302. The summed E-state index contributed by atoms with van der Waals surface area (Å²) in [5, 5.41) is 0. The second-order valence-corrected chi connectivity index (χ2v) is 5.75. The van der Waals surface area contributed by atoms with Crippen LogP contribution in [0.3, 0.4) is 0 Å². The highest BCUT2D eigenvalue weighted by Gasteiger charge is 2.27. The highest BCUT2D eigenvalue weighted by Crippen LogP contribution is 2.26. The predicted molar refractivity (Wildman–Crippen MR) is 83.5 cm³/mol. The van der Waals surface area contributed by atoms with Crippen LogP contribution in [0, 0.1) is 0 Å². The second-order valence-electron chi connectivity index (χ2n) is 5.75. The zero-order valence-corrected chi connectivity index (χ0v) is 12.6. The van der Waals surface area contributed by atoms with Gasteiger partial charge in [-0.25, -0.2) is 0 Å². The number of nitrogens with zero attached hydrogens (tertiary/aromatic N) is 1. The summed E-state index contributed by atoms with van der Waals surface area (Å²) in [6.45, 7) is 0.909. The molecule has 21 heavy (non-hydrogen) atoms. The zero-order chi connectivity index (χ0) is 15.2. The minimum Gasteiger partial charge on any atom is -0.398 e. The van der Waals surface area contributed by atoms with Crippen LogP contribution in [0.4, 0.5) is 5.69 Å². The van der Waals surface area contributed by atoms with E-state index in [1.54, 1.807) is 7.11 Å². The number of benzene rings is 1. The molecule has 2 atom stereocenters. The number of primary amides is 1. The van der Waals surface area contributed by atoms with Gasteiger partial charge in [0.2, 0.25) is 5.91 Å². The van der Waals surface area contributed by atoms with Gasteiger partial charge in [0.05, 0.1) is 12.6 Å². The van der Waals surface area contributed by atoms with Crippen LogP contribution < -0.4 is 11.5 Å². The molecule has 0 radical (unpaired) electrons. The first-order valence-corrected chi connectivity index (χ1v) is 7.48. The minimum atomic E-state index is -0.302. The number of nitrogen functional groups attached to an aromatic ring is 1. The van der Waals surface area contributed by atoms with Crippen LogP contribution in [0.15, 0.2) is 24.3 Å². The van der Waals surface area contributed by atoms with E-state index in [1.807, 2.05) is 24.3 Å². The van der Waals surface area contributed by atoms with Gasteiger partial charge in [-0.1, -0.05) is 18.2 Å². The molecule has 1 aliphatic carbocycles. The number of para-hydroxylation sites is 1. The normalized spacial score (nSPS) is 22.4. The highest BCUT2D eigenvalue weighted by atomic mass is 16.5. The summed E-state index contributed by atoms with van der Waals surface area (Å²) in [5.41, 5.74) is 13.2. The van der Waals surface area contributed by atoms with Crippen molar-refractivity contribution in [2.75, 3.05) is 19.4 Å². The number of methoxy groups -OCH3 is 1. The van der Waals surface area contributed by atoms with Gasteiger partial charge in [0.25, 0.3) is 0 Å². The molecule has 5 heteroatoms. The number of anilines is 1. The SMILES string of the molecule is COC1CCCC(N(CC(N)=O)Cc2ccccc2N)C1. The van der Waals surface area contributed by atoms with Gasteiger partial charge in [-0.2, -0.15) is 0 Å². The summed E-state index contributed by atoms with van der Waals surface area (Å²) in [6, 6.07) is 8.08. The Balaban J connectivity index is 2.10. The maximum absolute atomic E-state index is 11.4. The van der Waals surface area contributed by atoms with Crippen LogP contribution in [-0.2, 0) is 16.1 Å². The summed E-state index contributed by atoms with van der Waals surface area (Å²) >= 11 is 0. The predicted octanol–water partition coefficient (Wildman–Crippen LogP) is 1.51. The van der Waals surface area contributed by atoms with E-state index in [-0.39, 0.29) is 18.6 Å². The first-order chi connectivity index (χ1) is 10.1. The molecule has 1 aliphatic rings. The van der Waals surface area contributed by atoms with Crippen LogP contribution in [0.5, 0.6) is 0 Å². The maximum atomic E-state index is 11.4. The number of nitrogens with two attached hydrogens (primary N) is 2. The topological polar surface area (TPSA) is 81.6 Å². The third-order valence-corrected chi connectivity index (χ3v) is 4.24. The van der Waals surface area contributed by atoms with E-state index >= 15 is 0 Å². The Kier molecular flexibility index (Phi) is 5.59. The molecule has 0 aliphatic heterocycles. The summed E-state index contributed by atoms with van der Waals surface area (Å²) < 4.78 is 5.48. The molecule has 1 saturated carbocycles. The standard InChI is InChI=1S/C16H25N3O2/c1-21-14-7-4-6-13(9-14)19(11-16(18)20)10-12-5-2-3-8-15(12)17/h2-3,5,8,13-14H,4,6-7,9-11,17H2,1H3,(H2,18,20). The van der Waals surface area contributed by atoms with Crippen LogP contribution in [0.25, 0.3) is 0 Å². The van der Waals surface area contributed by atoms with Crippen molar-refractivity contribution in [2.45, 2.75) is 44.4 Å². The molecule has 0 spiro atoms. The third kappa shape index (κ3) is 4.44. The molecule has 0 saturated heterocycles. The van der Waals surface area contributed by atoms with Crippen molar-refractivity contribution >= 4 is 11.6 Å². The fourth-order valence-corrected chi connectivity index (χ4v) is 3.08. The molecule has 1 aromatic carbocycles. The molecule has 0 bridgehead atoms. The van der Waals surface area contributed by atoms with Crippen molar-refractivity contribution in [2.24, 2.45) is 5.73 Å². The number of carbonyl (C=O) groups is 1. The van der Waals surface area contributed by atoms with Crippen LogP contribution in [-0.4, -0.2) is 36.6 Å². The Bertz CT molecular complexity index is 478. The Hall–Kier alpha value is -1.59. The van der Waals surface area contributed by atoms with Gasteiger partial charge in [0, 0.05) is 25.4 Å². The van der Waals surface area contributed by atoms with Gasteiger partial charge in [-0.3, -0.25) is 9.69 Å². The second kappa shape index (κ2) is 7.43. The van der Waals surface area contributed by atoms with E-state index in [0.29, 0.717) is 12.6 Å². The molecular weight excluding hydrogens is 266 g/mol. The van der Waals surface area contributed by atoms with E-state index in [2.05, 4.69) is 4.90 Å². The zero-order valence-electron chi connectivity index (χ0n) is 12.6. The Morgan fingerprint density at radius 1 is 1.38 bits per heavy atom. The average molecular weight is 291 g/mol. The molecule has 1 fully saturated rings. The molecule has 1 amide bonds.